The smallest absolute Gasteiger partial charge is 0.252 e. The zero-order valence-electron chi connectivity index (χ0n) is 14.0. The van der Waals surface area contributed by atoms with Gasteiger partial charge in [0.05, 0.1) is 12.5 Å². The Morgan fingerprint density at radius 1 is 1.08 bits per heavy atom. The second-order valence-corrected chi connectivity index (χ2v) is 6.61. The highest BCUT2D eigenvalue weighted by molar-refractivity contribution is 6.00. The van der Waals surface area contributed by atoms with Gasteiger partial charge in [0.25, 0.3) is 5.91 Å². The van der Waals surface area contributed by atoms with Crippen LogP contribution in [0.15, 0.2) is 48.5 Å². The fourth-order valence-electron chi connectivity index (χ4n) is 3.61. The molecule has 0 saturated carbocycles. The molecule has 1 atom stereocenters. The number of amides is 2. The van der Waals surface area contributed by atoms with Crippen molar-refractivity contribution >= 4 is 23.2 Å². The molecule has 25 heavy (non-hydrogen) atoms. The van der Waals surface area contributed by atoms with Crippen molar-refractivity contribution in [3.8, 4) is 0 Å². The summed E-state index contributed by atoms with van der Waals surface area (Å²) in [6, 6.07) is 15.1. The van der Waals surface area contributed by atoms with Gasteiger partial charge in [0.15, 0.2) is 0 Å². The summed E-state index contributed by atoms with van der Waals surface area (Å²) in [4.78, 5) is 26.6. The van der Waals surface area contributed by atoms with Gasteiger partial charge in [-0.15, -0.1) is 0 Å². The predicted octanol–water partition coefficient (Wildman–Crippen LogP) is 3.10. The first-order chi connectivity index (χ1) is 12.2. The van der Waals surface area contributed by atoms with E-state index in [9.17, 15) is 9.59 Å². The maximum Gasteiger partial charge on any atom is 0.252 e. The number of fused-ring (bicyclic) bond motifs is 1. The SMILES string of the molecule is O=C(CC1NC(=O)c2ccccc21)Nc1ccc(N2CCCC2)cc1. The summed E-state index contributed by atoms with van der Waals surface area (Å²) in [7, 11) is 0. The van der Waals surface area contributed by atoms with Crippen LogP contribution in [0.25, 0.3) is 0 Å². The molecule has 2 heterocycles. The Hall–Kier alpha value is -2.82. The third-order valence-corrected chi connectivity index (χ3v) is 4.90. The van der Waals surface area contributed by atoms with Crippen LogP contribution < -0.4 is 15.5 Å². The second kappa shape index (κ2) is 6.59. The van der Waals surface area contributed by atoms with E-state index in [1.54, 1.807) is 6.07 Å². The topological polar surface area (TPSA) is 61.4 Å². The molecule has 0 spiro atoms. The number of carbonyl (C=O) groups excluding carboxylic acids is 2. The van der Waals surface area contributed by atoms with Gasteiger partial charge in [-0.1, -0.05) is 18.2 Å². The molecule has 2 aliphatic heterocycles. The van der Waals surface area contributed by atoms with Crippen molar-refractivity contribution in [1.29, 1.82) is 0 Å². The van der Waals surface area contributed by atoms with E-state index in [2.05, 4.69) is 15.5 Å². The highest BCUT2D eigenvalue weighted by Gasteiger charge is 2.29. The highest BCUT2D eigenvalue weighted by Crippen LogP contribution is 2.28. The van der Waals surface area contributed by atoms with E-state index in [-0.39, 0.29) is 24.3 Å². The number of nitrogens with one attached hydrogen (secondary N) is 2. The van der Waals surface area contributed by atoms with Crippen molar-refractivity contribution < 1.29 is 9.59 Å². The summed E-state index contributed by atoms with van der Waals surface area (Å²) >= 11 is 0. The molecule has 5 heteroatoms. The molecule has 1 fully saturated rings. The number of benzene rings is 2. The van der Waals surface area contributed by atoms with Gasteiger partial charge in [-0.05, 0) is 48.7 Å². The predicted molar refractivity (Wildman–Crippen MR) is 97.8 cm³/mol. The molecule has 1 unspecified atom stereocenters. The molecular weight excluding hydrogens is 314 g/mol. The van der Waals surface area contributed by atoms with Gasteiger partial charge in [0, 0.05) is 30.0 Å². The number of nitrogens with zero attached hydrogens (tertiary/aromatic N) is 1. The van der Waals surface area contributed by atoms with Crippen molar-refractivity contribution in [1.82, 2.24) is 5.32 Å². The lowest BCUT2D eigenvalue weighted by molar-refractivity contribution is -0.116. The molecule has 1 saturated heterocycles. The van der Waals surface area contributed by atoms with E-state index in [4.69, 9.17) is 0 Å². The standard InChI is InChI=1S/C20H21N3O2/c24-19(13-18-16-5-1-2-6-17(16)20(25)22-18)21-14-7-9-15(10-8-14)23-11-3-4-12-23/h1-2,5-10,18H,3-4,11-13H2,(H,21,24)(H,22,25). The number of rotatable bonds is 4. The number of hydrogen-bond acceptors (Lipinski definition) is 3. The van der Waals surface area contributed by atoms with E-state index < -0.39 is 0 Å². The molecule has 2 aromatic rings. The molecule has 0 bridgehead atoms. The minimum Gasteiger partial charge on any atom is -0.372 e. The van der Waals surface area contributed by atoms with Crippen molar-refractivity contribution in [2.45, 2.75) is 25.3 Å². The van der Waals surface area contributed by atoms with Gasteiger partial charge in [-0.3, -0.25) is 9.59 Å². The zero-order chi connectivity index (χ0) is 17.2. The van der Waals surface area contributed by atoms with E-state index in [0.717, 1.165) is 24.3 Å². The Labute approximate surface area is 147 Å². The van der Waals surface area contributed by atoms with Gasteiger partial charge in [0.2, 0.25) is 5.91 Å². The summed E-state index contributed by atoms with van der Waals surface area (Å²) < 4.78 is 0. The summed E-state index contributed by atoms with van der Waals surface area (Å²) in [5.41, 5.74) is 3.54. The largest absolute Gasteiger partial charge is 0.372 e. The average molecular weight is 335 g/mol. The van der Waals surface area contributed by atoms with E-state index in [0.29, 0.717) is 5.56 Å². The molecule has 2 aromatic carbocycles. The number of hydrogen-bond donors (Lipinski definition) is 2. The average Bonchev–Trinajstić information content (AvgIpc) is 3.25. The zero-order valence-corrected chi connectivity index (χ0v) is 14.0. The number of anilines is 2. The van der Waals surface area contributed by atoms with Crippen molar-refractivity contribution in [3.05, 3.63) is 59.7 Å². The Morgan fingerprint density at radius 2 is 1.80 bits per heavy atom. The van der Waals surface area contributed by atoms with E-state index in [1.807, 2.05) is 42.5 Å². The number of carbonyl (C=O) groups is 2. The maximum absolute atomic E-state index is 12.4. The molecule has 128 valence electrons. The second-order valence-electron chi connectivity index (χ2n) is 6.61. The van der Waals surface area contributed by atoms with Crippen molar-refractivity contribution in [3.63, 3.8) is 0 Å². The fraction of sp³-hybridized carbons (Fsp3) is 0.300. The van der Waals surface area contributed by atoms with Crippen LogP contribution in [0.2, 0.25) is 0 Å². The molecule has 4 rings (SSSR count). The van der Waals surface area contributed by atoms with Crippen molar-refractivity contribution in [2.24, 2.45) is 0 Å². The first-order valence-electron chi connectivity index (χ1n) is 8.75. The van der Waals surface area contributed by atoms with Crippen LogP contribution in [0.1, 0.15) is 41.2 Å². The van der Waals surface area contributed by atoms with Gasteiger partial charge >= 0.3 is 0 Å². The molecule has 0 aromatic heterocycles. The van der Waals surface area contributed by atoms with Gasteiger partial charge in [-0.25, -0.2) is 0 Å². The molecule has 2 N–H and O–H groups in total. The molecule has 5 nitrogen and oxygen atoms in total. The van der Waals surface area contributed by atoms with E-state index in [1.165, 1.54) is 18.5 Å². The van der Waals surface area contributed by atoms with Crippen LogP contribution >= 0.6 is 0 Å². The third kappa shape index (κ3) is 3.22. The third-order valence-electron chi connectivity index (χ3n) is 4.90. The molecule has 2 aliphatic rings. The fourth-order valence-corrected chi connectivity index (χ4v) is 3.61. The molecular formula is C20H21N3O2. The van der Waals surface area contributed by atoms with Crippen LogP contribution in [-0.2, 0) is 4.79 Å². The Bertz CT molecular complexity index is 795. The molecule has 2 amide bonds. The first kappa shape index (κ1) is 15.7. The summed E-state index contributed by atoms with van der Waals surface area (Å²) in [5.74, 6) is -0.209. The van der Waals surface area contributed by atoms with Gasteiger partial charge < -0.3 is 15.5 Å². The van der Waals surface area contributed by atoms with E-state index >= 15 is 0 Å². The normalized spacial score (nSPS) is 18.8. The minimum absolute atomic E-state index is 0.101. The van der Waals surface area contributed by atoms with Gasteiger partial charge in [0.1, 0.15) is 0 Å². The Balaban J connectivity index is 1.39. The summed E-state index contributed by atoms with van der Waals surface area (Å²) in [6.45, 7) is 2.21. The first-order valence-corrected chi connectivity index (χ1v) is 8.75. The minimum atomic E-state index is -0.257. The van der Waals surface area contributed by atoms with Crippen LogP contribution in [0, 0.1) is 0 Å². The molecule has 0 aliphatic carbocycles. The summed E-state index contributed by atoms with van der Waals surface area (Å²) in [5, 5.41) is 5.80. The van der Waals surface area contributed by atoms with Crippen LogP contribution in [0.3, 0.4) is 0 Å². The molecule has 0 radical (unpaired) electrons. The Morgan fingerprint density at radius 3 is 2.56 bits per heavy atom. The Kier molecular flexibility index (Phi) is 4.14. The lowest BCUT2D eigenvalue weighted by atomic mass is 10.0. The van der Waals surface area contributed by atoms with Crippen LogP contribution in [0.4, 0.5) is 11.4 Å². The highest BCUT2D eigenvalue weighted by atomic mass is 16.2. The quantitative estimate of drug-likeness (QED) is 0.902. The van der Waals surface area contributed by atoms with Crippen molar-refractivity contribution in [2.75, 3.05) is 23.3 Å². The lowest BCUT2D eigenvalue weighted by Crippen LogP contribution is -2.24. The maximum atomic E-state index is 12.4. The lowest BCUT2D eigenvalue weighted by Gasteiger charge is -2.18. The van der Waals surface area contributed by atoms with Crippen LogP contribution in [0.5, 0.6) is 0 Å². The monoisotopic (exact) mass is 335 g/mol. The summed E-state index contributed by atoms with van der Waals surface area (Å²) in [6.07, 6.45) is 2.72. The van der Waals surface area contributed by atoms with Crippen LogP contribution in [-0.4, -0.2) is 24.9 Å². The van der Waals surface area contributed by atoms with Gasteiger partial charge in [-0.2, -0.15) is 0 Å².